The summed E-state index contributed by atoms with van der Waals surface area (Å²) in [6.07, 6.45) is 0. The van der Waals surface area contributed by atoms with Crippen molar-refractivity contribution >= 4 is 15.7 Å². The molecule has 0 aliphatic rings. The van der Waals surface area contributed by atoms with Crippen LogP contribution in [0.3, 0.4) is 0 Å². The molecule has 0 saturated heterocycles. The second kappa shape index (κ2) is 8.71. The number of hydrogen-bond acceptors (Lipinski definition) is 6. The number of hydrogen-bond donors (Lipinski definition) is 1. The fourth-order valence-electron chi connectivity index (χ4n) is 1.54. The molecule has 21 heavy (non-hydrogen) atoms. The van der Waals surface area contributed by atoms with Crippen molar-refractivity contribution in [2.45, 2.75) is 0 Å². The summed E-state index contributed by atoms with van der Waals surface area (Å²) < 4.78 is 46.4. The second-order valence-corrected chi connectivity index (χ2v) is 5.94. The first-order valence-electron chi connectivity index (χ1n) is 6.31. The molecule has 0 heterocycles. The number of benzene rings is 1. The smallest absolute Gasteiger partial charge is 0.235 e. The molecule has 8 heteroatoms. The van der Waals surface area contributed by atoms with Crippen LogP contribution in [0.5, 0.6) is 11.5 Å². The molecule has 1 aromatic rings. The summed E-state index contributed by atoms with van der Waals surface area (Å²) in [6.45, 7) is 0.900. The highest BCUT2D eigenvalue weighted by Crippen LogP contribution is 2.30. The molecule has 0 aliphatic heterocycles. The van der Waals surface area contributed by atoms with Gasteiger partial charge in [-0.25, -0.2) is 8.42 Å². The molecule has 0 radical (unpaired) electrons. The van der Waals surface area contributed by atoms with Crippen molar-refractivity contribution in [3.05, 3.63) is 18.2 Å². The van der Waals surface area contributed by atoms with Gasteiger partial charge in [-0.15, -0.1) is 0 Å². The molecule has 120 valence electrons. The van der Waals surface area contributed by atoms with Crippen LogP contribution in [0.4, 0.5) is 5.69 Å². The highest BCUT2D eigenvalue weighted by molar-refractivity contribution is 7.92. The van der Waals surface area contributed by atoms with E-state index in [4.69, 9.17) is 18.9 Å². The predicted molar refractivity (Wildman–Crippen MR) is 79.7 cm³/mol. The maximum Gasteiger partial charge on any atom is 0.235 e. The fraction of sp³-hybridized carbons (Fsp3) is 0.538. The van der Waals surface area contributed by atoms with E-state index in [1.54, 1.807) is 25.3 Å². The zero-order chi connectivity index (χ0) is 15.7. The molecule has 0 atom stereocenters. The number of rotatable bonds is 10. The van der Waals surface area contributed by atoms with E-state index in [9.17, 15) is 8.42 Å². The van der Waals surface area contributed by atoms with E-state index < -0.39 is 10.0 Å². The van der Waals surface area contributed by atoms with E-state index in [0.29, 0.717) is 30.4 Å². The average Bonchev–Trinajstić information content (AvgIpc) is 2.46. The lowest BCUT2D eigenvalue weighted by molar-refractivity contribution is 0.0785. The molecule has 0 saturated carbocycles. The summed E-state index contributed by atoms with van der Waals surface area (Å²) >= 11 is 0. The Bertz CT molecular complexity index is 531. The molecular formula is C13H21NO6S. The maximum atomic E-state index is 11.9. The number of methoxy groups -OCH3 is 3. The molecule has 0 aliphatic carbocycles. The minimum atomic E-state index is -3.48. The largest absolute Gasteiger partial charge is 0.493 e. The number of sulfonamides is 1. The molecule has 1 N–H and O–H groups in total. The lowest BCUT2D eigenvalue weighted by Gasteiger charge is -2.12. The van der Waals surface area contributed by atoms with Gasteiger partial charge in [0.05, 0.1) is 45.5 Å². The van der Waals surface area contributed by atoms with E-state index in [0.717, 1.165) is 0 Å². The van der Waals surface area contributed by atoms with Crippen molar-refractivity contribution in [2.24, 2.45) is 0 Å². The normalized spacial score (nSPS) is 11.2. The highest BCUT2D eigenvalue weighted by atomic mass is 32.2. The van der Waals surface area contributed by atoms with Crippen LogP contribution in [-0.2, 0) is 19.5 Å². The Kier molecular flexibility index (Phi) is 7.27. The van der Waals surface area contributed by atoms with E-state index >= 15 is 0 Å². The van der Waals surface area contributed by atoms with Crippen LogP contribution in [0, 0.1) is 0 Å². The summed E-state index contributed by atoms with van der Waals surface area (Å²) in [5.74, 6) is 0.850. The quantitative estimate of drug-likeness (QED) is 0.651. The average molecular weight is 319 g/mol. The van der Waals surface area contributed by atoms with Gasteiger partial charge in [-0.2, -0.15) is 0 Å². The molecule has 0 bridgehead atoms. The van der Waals surface area contributed by atoms with Crippen LogP contribution in [0.2, 0.25) is 0 Å². The maximum absolute atomic E-state index is 11.9. The van der Waals surface area contributed by atoms with Crippen molar-refractivity contribution < 1.29 is 27.4 Å². The molecular weight excluding hydrogens is 298 g/mol. The van der Waals surface area contributed by atoms with Crippen molar-refractivity contribution in [1.29, 1.82) is 0 Å². The molecule has 0 unspecified atom stereocenters. The van der Waals surface area contributed by atoms with Crippen LogP contribution in [-0.4, -0.2) is 55.3 Å². The Morgan fingerprint density at radius 1 is 1.00 bits per heavy atom. The third kappa shape index (κ3) is 6.19. The first-order valence-corrected chi connectivity index (χ1v) is 7.97. The van der Waals surface area contributed by atoms with Gasteiger partial charge >= 0.3 is 0 Å². The van der Waals surface area contributed by atoms with Gasteiger partial charge in [0.15, 0.2) is 11.5 Å². The Morgan fingerprint density at radius 3 is 2.33 bits per heavy atom. The lowest BCUT2D eigenvalue weighted by atomic mass is 10.3. The Balaban J connectivity index is 2.58. The Hall–Kier alpha value is -1.51. The first-order chi connectivity index (χ1) is 10.0. The second-order valence-electron chi connectivity index (χ2n) is 4.10. The molecule has 0 amide bonds. The van der Waals surface area contributed by atoms with Gasteiger partial charge in [-0.1, -0.05) is 0 Å². The third-order valence-electron chi connectivity index (χ3n) is 2.59. The standard InChI is InChI=1S/C13H21NO6S/c1-17-6-7-20-8-9-21(15,16)14-11-4-5-12(18-2)13(10-11)19-3/h4-5,10,14H,6-9H2,1-3H3. The molecule has 7 nitrogen and oxygen atoms in total. The Labute approximate surface area is 125 Å². The van der Waals surface area contributed by atoms with E-state index in [1.165, 1.54) is 14.2 Å². The Morgan fingerprint density at radius 2 is 1.71 bits per heavy atom. The van der Waals surface area contributed by atoms with Gasteiger partial charge in [0.2, 0.25) is 10.0 Å². The summed E-state index contributed by atoms with van der Waals surface area (Å²) in [5.41, 5.74) is 0.407. The van der Waals surface area contributed by atoms with Gasteiger partial charge in [0.1, 0.15) is 0 Å². The first kappa shape index (κ1) is 17.5. The summed E-state index contributed by atoms with van der Waals surface area (Å²) in [4.78, 5) is 0. The molecule has 1 aromatic carbocycles. The van der Waals surface area contributed by atoms with Gasteiger partial charge in [-0.05, 0) is 12.1 Å². The third-order valence-corrected chi connectivity index (χ3v) is 3.84. The van der Waals surface area contributed by atoms with Crippen LogP contribution < -0.4 is 14.2 Å². The van der Waals surface area contributed by atoms with E-state index in [2.05, 4.69) is 4.72 Å². The van der Waals surface area contributed by atoms with Crippen LogP contribution in [0.15, 0.2) is 18.2 Å². The zero-order valence-corrected chi connectivity index (χ0v) is 13.2. The SMILES string of the molecule is COCCOCCS(=O)(=O)Nc1ccc(OC)c(OC)c1. The predicted octanol–water partition coefficient (Wildman–Crippen LogP) is 1.11. The minimum Gasteiger partial charge on any atom is -0.493 e. The number of nitrogens with one attached hydrogen (secondary N) is 1. The molecule has 0 fully saturated rings. The van der Waals surface area contributed by atoms with Gasteiger partial charge in [0, 0.05) is 13.2 Å². The zero-order valence-electron chi connectivity index (χ0n) is 12.4. The molecule has 1 rings (SSSR count). The molecule has 0 aromatic heterocycles. The van der Waals surface area contributed by atoms with E-state index in [1.807, 2.05) is 0 Å². The topological polar surface area (TPSA) is 83.1 Å². The van der Waals surface area contributed by atoms with Gasteiger partial charge in [-0.3, -0.25) is 4.72 Å². The lowest BCUT2D eigenvalue weighted by Crippen LogP contribution is -2.21. The van der Waals surface area contributed by atoms with Crippen molar-refractivity contribution in [3.8, 4) is 11.5 Å². The van der Waals surface area contributed by atoms with Gasteiger partial charge in [0.25, 0.3) is 0 Å². The van der Waals surface area contributed by atoms with Crippen LogP contribution in [0.1, 0.15) is 0 Å². The summed E-state index contributed by atoms with van der Waals surface area (Å²) in [6, 6.07) is 4.79. The van der Waals surface area contributed by atoms with Gasteiger partial charge < -0.3 is 18.9 Å². The highest BCUT2D eigenvalue weighted by Gasteiger charge is 2.12. The minimum absolute atomic E-state index is 0.103. The fourth-order valence-corrected chi connectivity index (χ4v) is 2.47. The van der Waals surface area contributed by atoms with Crippen LogP contribution >= 0.6 is 0 Å². The van der Waals surface area contributed by atoms with Crippen LogP contribution in [0.25, 0.3) is 0 Å². The summed E-state index contributed by atoms with van der Waals surface area (Å²) in [7, 11) is 1.07. The monoisotopic (exact) mass is 319 g/mol. The van der Waals surface area contributed by atoms with Crippen molar-refractivity contribution in [3.63, 3.8) is 0 Å². The van der Waals surface area contributed by atoms with Crippen molar-refractivity contribution in [2.75, 3.05) is 51.6 Å². The number of ether oxygens (including phenoxy) is 4. The summed E-state index contributed by atoms with van der Waals surface area (Å²) in [5, 5.41) is 0. The van der Waals surface area contributed by atoms with Crippen molar-refractivity contribution in [1.82, 2.24) is 0 Å². The molecule has 0 spiro atoms. The number of anilines is 1. The van der Waals surface area contributed by atoms with E-state index in [-0.39, 0.29) is 12.4 Å².